The second-order valence-electron chi connectivity index (χ2n) is 7.53. The number of unbranched alkanes of at least 4 members (excludes halogenated alkanes) is 8. The van der Waals surface area contributed by atoms with Crippen LogP contribution in [0.1, 0.15) is 71.1 Å². The number of ether oxygens (including phenoxy) is 1. The van der Waals surface area contributed by atoms with Gasteiger partial charge in [-0.2, -0.15) is 0 Å². The van der Waals surface area contributed by atoms with Crippen molar-refractivity contribution in [3.63, 3.8) is 0 Å². The highest BCUT2D eigenvalue weighted by Gasteiger charge is 2.19. The van der Waals surface area contributed by atoms with Gasteiger partial charge in [-0.1, -0.05) is 70.4 Å². The predicted octanol–water partition coefficient (Wildman–Crippen LogP) is 5.71. The van der Waals surface area contributed by atoms with Crippen molar-refractivity contribution in [2.75, 3.05) is 21.1 Å². The van der Waals surface area contributed by atoms with E-state index in [1.165, 1.54) is 44.9 Å². The Morgan fingerprint density at radius 1 is 0.875 bits per heavy atom. The third-order valence-electron chi connectivity index (χ3n) is 4.30. The van der Waals surface area contributed by atoms with Gasteiger partial charge in [0.15, 0.2) is 11.4 Å². The highest BCUT2D eigenvalue weighted by Crippen LogP contribution is 2.30. The van der Waals surface area contributed by atoms with E-state index in [0.717, 1.165) is 18.5 Å². The maximum Gasteiger partial charge on any atom is 0.311 e. The second-order valence-corrected chi connectivity index (χ2v) is 7.53. The van der Waals surface area contributed by atoms with Crippen molar-refractivity contribution in [3.05, 3.63) is 24.3 Å². The van der Waals surface area contributed by atoms with Crippen LogP contribution in [-0.4, -0.2) is 27.1 Å². The molecule has 0 unspecified atom stereocenters. The van der Waals surface area contributed by atoms with Crippen LogP contribution in [-0.2, 0) is 4.79 Å². The molecule has 0 radical (unpaired) electrons. The maximum absolute atomic E-state index is 12.1. The smallest absolute Gasteiger partial charge is 0.311 e. The molecule has 1 aromatic rings. The van der Waals surface area contributed by atoms with E-state index in [-0.39, 0.29) is 5.97 Å². The van der Waals surface area contributed by atoms with E-state index in [1.54, 1.807) is 0 Å². The first-order chi connectivity index (χ1) is 11.4. The molecule has 0 N–H and O–H groups in total. The Morgan fingerprint density at radius 2 is 1.42 bits per heavy atom. The fourth-order valence-electron chi connectivity index (χ4n) is 2.85. The standard InChI is InChI=1S/C21H36NO2/c1-5-6-7-8-9-10-11-12-13-18-21(23)24-20-17-15-14-16-19(20)22(2,3)4/h14-17H,5-13,18H2,1-4H3/q+1. The summed E-state index contributed by atoms with van der Waals surface area (Å²) in [6.07, 6.45) is 11.8. The Hall–Kier alpha value is -1.35. The maximum atomic E-state index is 12.1. The Bertz CT molecular complexity index is 477. The number of benzene rings is 1. The molecular formula is C21H36NO2+. The fourth-order valence-corrected chi connectivity index (χ4v) is 2.85. The summed E-state index contributed by atoms with van der Waals surface area (Å²) in [6.45, 7) is 2.25. The molecule has 3 heteroatoms. The van der Waals surface area contributed by atoms with Gasteiger partial charge in [-0.25, -0.2) is 0 Å². The lowest BCUT2D eigenvalue weighted by Gasteiger charge is -2.25. The number of nitrogens with zero attached hydrogens (tertiary/aromatic N) is 1. The normalized spacial score (nSPS) is 11.5. The van der Waals surface area contributed by atoms with Crippen LogP contribution in [0.15, 0.2) is 24.3 Å². The number of quaternary nitrogens is 1. The van der Waals surface area contributed by atoms with Crippen LogP contribution < -0.4 is 9.22 Å². The molecule has 0 atom stereocenters. The topological polar surface area (TPSA) is 26.3 Å². The molecule has 0 amide bonds. The van der Waals surface area contributed by atoms with Crippen LogP contribution in [0.4, 0.5) is 5.69 Å². The lowest BCUT2D eigenvalue weighted by atomic mass is 10.1. The van der Waals surface area contributed by atoms with Gasteiger partial charge in [-0.15, -0.1) is 0 Å². The Labute approximate surface area is 148 Å². The van der Waals surface area contributed by atoms with Crippen molar-refractivity contribution in [1.29, 1.82) is 0 Å². The number of rotatable bonds is 12. The zero-order valence-electron chi connectivity index (χ0n) is 16.1. The molecule has 0 fully saturated rings. The van der Waals surface area contributed by atoms with Gasteiger partial charge in [0.25, 0.3) is 0 Å². The van der Waals surface area contributed by atoms with Gasteiger partial charge >= 0.3 is 5.97 Å². The number of para-hydroxylation sites is 2. The molecule has 0 saturated heterocycles. The number of carbonyl (C=O) groups excluding carboxylic acids is 1. The summed E-state index contributed by atoms with van der Waals surface area (Å²) in [5, 5.41) is 0. The van der Waals surface area contributed by atoms with Crippen LogP contribution in [0.25, 0.3) is 0 Å². The third-order valence-corrected chi connectivity index (χ3v) is 4.30. The molecule has 1 aromatic carbocycles. The van der Waals surface area contributed by atoms with E-state index in [2.05, 4.69) is 28.1 Å². The van der Waals surface area contributed by atoms with Crippen molar-refractivity contribution in [2.24, 2.45) is 0 Å². The summed E-state index contributed by atoms with van der Waals surface area (Å²) >= 11 is 0. The highest BCUT2D eigenvalue weighted by atomic mass is 16.5. The van der Waals surface area contributed by atoms with Gasteiger partial charge in [0, 0.05) is 12.5 Å². The Morgan fingerprint density at radius 3 is 2.00 bits per heavy atom. The molecule has 24 heavy (non-hydrogen) atoms. The molecule has 0 heterocycles. The molecule has 0 saturated carbocycles. The highest BCUT2D eigenvalue weighted by molar-refractivity contribution is 5.74. The lowest BCUT2D eigenvalue weighted by molar-refractivity contribution is -0.134. The van der Waals surface area contributed by atoms with Gasteiger partial charge in [0.2, 0.25) is 0 Å². The van der Waals surface area contributed by atoms with E-state index in [1.807, 2.05) is 24.3 Å². The van der Waals surface area contributed by atoms with Crippen molar-refractivity contribution in [1.82, 2.24) is 4.48 Å². The van der Waals surface area contributed by atoms with E-state index in [4.69, 9.17) is 4.74 Å². The third kappa shape index (κ3) is 8.49. The molecule has 1 rings (SSSR count). The van der Waals surface area contributed by atoms with Crippen LogP contribution in [0.3, 0.4) is 0 Å². The molecule has 0 aliphatic carbocycles. The predicted molar refractivity (Wildman–Crippen MR) is 103 cm³/mol. The van der Waals surface area contributed by atoms with E-state index in [9.17, 15) is 4.79 Å². The quantitative estimate of drug-likeness (QED) is 0.212. The van der Waals surface area contributed by atoms with E-state index < -0.39 is 0 Å². The van der Waals surface area contributed by atoms with Crippen LogP contribution in [0, 0.1) is 0 Å². The minimum absolute atomic E-state index is 0.112. The summed E-state index contributed by atoms with van der Waals surface area (Å²) in [4.78, 5) is 12.1. The van der Waals surface area contributed by atoms with E-state index in [0.29, 0.717) is 16.7 Å². The van der Waals surface area contributed by atoms with Crippen molar-refractivity contribution in [3.8, 4) is 5.75 Å². The average Bonchev–Trinajstić information content (AvgIpc) is 2.53. The first kappa shape index (κ1) is 20.7. The first-order valence-corrected chi connectivity index (χ1v) is 9.57. The number of esters is 1. The minimum atomic E-state index is -0.112. The van der Waals surface area contributed by atoms with E-state index >= 15 is 0 Å². The molecule has 3 nitrogen and oxygen atoms in total. The number of hydrogen-bond acceptors (Lipinski definition) is 2. The fraction of sp³-hybridized carbons (Fsp3) is 0.667. The summed E-state index contributed by atoms with van der Waals surface area (Å²) < 4.78 is 6.23. The monoisotopic (exact) mass is 334 g/mol. The molecule has 0 aromatic heterocycles. The Kier molecular flexibility index (Phi) is 9.70. The number of carbonyl (C=O) groups is 1. The van der Waals surface area contributed by atoms with Gasteiger partial charge in [0.05, 0.1) is 21.1 Å². The molecule has 0 aliphatic heterocycles. The first-order valence-electron chi connectivity index (χ1n) is 9.57. The molecule has 0 bridgehead atoms. The second kappa shape index (κ2) is 11.2. The zero-order valence-corrected chi connectivity index (χ0v) is 16.1. The average molecular weight is 335 g/mol. The van der Waals surface area contributed by atoms with Gasteiger partial charge in [0.1, 0.15) is 0 Å². The summed E-state index contributed by atoms with van der Waals surface area (Å²) in [5.74, 6) is 0.574. The van der Waals surface area contributed by atoms with Gasteiger partial charge in [-0.05, 0) is 12.5 Å². The largest absolute Gasteiger partial charge is 0.420 e. The van der Waals surface area contributed by atoms with Crippen molar-refractivity contribution >= 4 is 11.7 Å². The number of hydrogen-bond donors (Lipinski definition) is 0. The van der Waals surface area contributed by atoms with Crippen LogP contribution >= 0.6 is 0 Å². The zero-order chi connectivity index (χ0) is 17.8. The molecule has 0 spiro atoms. The van der Waals surface area contributed by atoms with Crippen LogP contribution in [0.5, 0.6) is 5.75 Å². The summed E-state index contributed by atoms with van der Waals surface area (Å²) in [5.41, 5.74) is 1.03. The lowest BCUT2D eigenvalue weighted by Crippen LogP contribution is -2.35. The summed E-state index contributed by atoms with van der Waals surface area (Å²) in [7, 11) is 6.23. The molecule has 136 valence electrons. The van der Waals surface area contributed by atoms with Gasteiger partial charge < -0.3 is 4.74 Å². The van der Waals surface area contributed by atoms with Crippen LogP contribution in [0.2, 0.25) is 0 Å². The molecule has 0 aliphatic rings. The molecular weight excluding hydrogens is 298 g/mol. The SMILES string of the molecule is CCCCCCCCCCCC(=O)Oc1ccccc1[N+](C)(C)C. The minimum Gasteiger partial charge on any atom is -0.420 e. The van der Waals surface area contributed by atoms with Crippen molar-refractivity contribution < 1.29 is 9.53 Å². The van der Waals surface area contributed by atoms with Crippen molar-refractivity contribution in [2.45, 2.75) is 71.1 Å². The van der Waals surface area contributed by atoms with Gasteiger partial charge in [-0.3, -0.25) is 9.28 Å². The summed E-state index contributed by atoms with van der Waals surface area (Å²) in [6, 6.07) is 7.80. The Balaban J connectivity index is 2.21.